The number of rotatable bonds is 4. The molecule has 1 fully saturated rings. The van der Waals surface area contributed by atoms with Crippen LogP contribution < -0.4 is 0 Å². The van der Waals surface area contributed by atoms with Crippen LogP contribution in [0.1, 0.15) is 17.4 Å². The van der Waals surface area contributed by atoms with Crippen LogP contribution in [0.2, 0.25) is 0 Å². The van der Waals surface area contributed by atoms with Crippen LogP contribution >= 0.6 is 11.8 Å². The summed E-state index contributed by atoms with van der Waals surface area (Å²) >= 11 is 1.84. The molecule has 3 rings (SSSR count). The van der Waals surface area contributed by atoms with E-state index in [2.05, 4.69) is 15.5 Å². The van der Waals surface area contributed by atoms with E-state index in [0.29, 0.717) is 12.2 Å². The number of benzene rings is 1. The van der Waals surface area contributed by atoms with E-state index in [4.69, 9.17) is 0 Å². The molecular weight excluding hydrogens is 317 g/mol. The first-order valence-electron chi connectivity index (χ1n) is 7.50. The Morgan fingerprint density at radius 2 is 2.17 bits per heavy atom. The number of aromatic nitrogens is 4. The van der Waals surface area contributed by atoms with Gasteiger partial charge in [0.2, 0.25) is 5.91 Å². The quantitative estimate of drug-likeness (QED) is 0.847. The van der Waals surface area contributed by atoms with Gasteiger partial charge in [-0.2, -0.15) is 11.8 Å². The zero-order valence-electron chi connectivity index (χ0n) is 12.9. The van der Waals surface area contributed by atoms with E-state index in [1.165, 1.54) is 16.8 Å². The van der Waals surface area contributed by atoms with Crippen molar-refractivity contribution in [3.8, 4) is 0 Å². The van der Waals surface area contributed by atoms with E-state index in [9.17, 15) is 9.18 Å². The third kappa shape index (κ3) is 3.69. The summed E-state index contributed by atoms with van der Waals surface area (Å²) in [6.07, 6.45) is 0.367. The van der Waals surface area contributed by atoms with Gasteiger partial charge in [0.05, 0.1) is 0 Å². The molecule has 2 heterocycles. The monoisotopic (exact) mass is 335 g/mol. The summed E-state index contributed by atoms with van der Waals surface area (Å²) in [6, 6.07) is 5.76. The number of hydrogen-bond acceptors (Lipinski definition) is 5. The molecule has 1 aromatic heterocycles. The number of hydrogen-bond donors (Lipinski definition) is 0. The maximum Gasteiger partial charge on any atom is 0.247 e. The SMILES string of the molecule is Cc1nnnn1[C@@H](Cc1cccc(F)c1)C(=O)N1CCSCC1. The van der Waals surface area contributed by atoms with Gasteiger partial charge in [-0.1, -0.05) is 12.1 Å². The minimum atomic E-state index is -0.546. The minimum Gasteiger partial charge on any atom is -0.339 e. The summed E-state index contributed by atoms with van der Waals surface area (Å²) in [6.45, 7) is 3.21. The fourth-order valence-corrected chi connectivity index (χ4v) is 3.59. The number of carbonyl (C=O) groups is 1. The first kappa shape index (κ1) is 15.9. The summed E-state index contributed by atoms with van der Waals surface area (Å²) in [5, 5.41) is 11.5. The maximum absolute atomic E-state index is 13.4. The number of aryl methyl sites for hydroxylation is 1. The van der Waals surface area contributed by atoms with Crippen molar-refractivity contribution in [3.05, 3.63) is 41.5 Å². The lowest BCUT2D eigenvalue weighted by Crippen LogP contribution is -2.43. The Morgan fingerprint density at radius 1 is 1.39 bits per heavy atom. The normalized spacial score (nSPS) is 16.3. The second-order valence-corrected chi connectivity index (χ2v) is 6.68. The zero-order valence-corrected chi connectivity index (χ0v) is 13.7. The average molecular weight is 335 g/mol. The van der Waals surface area contributed by atoms with E-state index in [0.717, 1.165) is 30.2 Å². The molecule has 6 nitrogen and oxygen atoms in total. The van der Waals surface area contributed by atoms with Crippen LogP contribution in [-0.2, 0) is 11.2 Å². The van der Waals surface area contributed by atoms with Gasteiger partial charge in [0.15, 0.2) is 0 Å². The molecule has 0 bridgehead atoms. The second-order valence-electron chi connectivity index (χ2n) is 5.46. The predicted molar refractivity (Wildman–Crippen MR) is 85.6 cm³/mol. The lowest BCUT2D eigenvalue weighted by molar-refractivity contribution is -0.134. The van der Waals surface area contributed by atoms with Crippen molar-refractivity contribution in [3.63, 3.8) is 0 Å². The molecule has 122 valence electrons. The fourth-order valence-electron chi connectivity index (χ4n) is 2.69. The number of carbonyl (C=O) groups excluding carboxylic acids is 1. The summed E-state index contributed by atoms with van der Waals surface area (Å²) < 4.78 is 15.0. The maximum atomic E-state index is 13.4. The highest BCUT2D eigenvalue weighted by atomic mass is 32.2. The molecule has 0 N–H and O–H groups in total. The second kappa shape index (κ2) is 7.08. The molecule has 1 aliphatic heterocycles. The molecule has 0 radical (unpaired) electrons. The highest BCUT2D eigenvalue weighted by molar-refractivity contribution is 7.99. The van der Waals surface area contributed by atoms with E-state index in [-0.39, 0.29) is 11.7 Å². The van der Waals surface area contributed by atoms with Crippen LogP contribution in [0.4, 0.5) is 4.39 Å². The van der Waals surface area contributed by atoms with Crippen molar-refractivity contribution in [1.29, 1.82) is 0 Å². The number of amides is 1. The molecule has 1 amide bonds. The number of thioether (sulfide) groups is 1. The smallest absolute Gasteiger partial charge is 0.247 e. The lowest BCUT2D eigenvalue weighted by Gasteiger charge is -2.30. The van der Waals surface area contributed by atoms with Gasteiger partial charge in [-0.05, 0) is 35.0 Å². The van der Waals surface area contributed by atoms with Gasteiger partial charge in [-0.3, -0.25) is 4.79 Å². The van der Waals surface area contributed by atoms with Crippen molar-refractivity contribution in [2.45, 2.75) is 19.4 Å². The van der Waals surface area contributed by atoms with Crippen molar-refractivity contribution in [2.75, 3.05) is 24.6 Å². The third-order valence-electron chi connectivity index (χ3n) is 3.88. The molecule has 1 saturated heterocycles. The molecule has 0 saturated carbocycles. The number of tetrazole rings is 1. The first-order chi connectivity index (χ1) is 11.1. The van der Waals surface area contributed by atoms with E-state index < -0.39 is 6.04 Å². The van der Waals surface area contributed by atoms with Crippen molar-refractivity contribution >= 4 is 17.7 Å². The molecule has 1 atom stereocenters. The van der Waals surface area contributed by atoms with Crippen LogP contribution in [0.25, 0.3) is 0 Å². The van der Waals surface area contributed by atoms with Crippen molar-refractivity contribution in [2.24, 2.45) is 0 Å². The number of halogens is 1. The molecule has 0 aliphatic carbocycles. The van der Waals surface area contributed by atoms with E-state index in [1.807, 2.05) is 22.7 Å². The molecule has 2 aromatic rings. The van der Waals surface area contributed by atoms with Gasteiger partial charge in [-0.15, -0.1) is 5.10 Å². The molecule has 8 heteroatoms. The minimum absolute atomic E-state index is 0.00930. The summed E-state index contributed by atoms with van der Waals surface area (Å²) in [5.41, 5.74) is 0.754. The lowest BCUT2D eigenvalue weighted by atomic mass is 10.0. The number of nitrogens with zero attached hydrogens (tertiary/aromatic N) is 5. The van der Waals surface area contributed by atoms with Crippen LogP contribution in [0.5, 0.6) is 0 Å². The topological polar surface area (TPSA) is 63.9 Å². The van der Waals surface area contributed by atoms with Gasteiger partial charge in [-0.25, -0.2) is 9.07 Å². The summed E-state index contributed by atoms with van der Waals surface area (Å²) in [5.74, 6) is 2.13. The summed E-state index contributed by atoms with van der Waals surface area (Å²) in [4.78, 5) is 14.8. The molecule has 0 spiro atoms. The first-order valence-corrected chi connectivity index (χ1v) is 8.66. The van der Waals surface area contributed by atoms with Crippen molar-refractivity contribution < 1.29 is 9.18 Å². The molecule has 0 unspecified atom stereocenters. The van der Waals surface area contributed by atoms with E-state index >= 15 is 0 Å². The fraction of sp³-hybridized carbons (Fsp3) is 0.467. The molecular formula is C15H18FN5OS. The van der Waals surface area contributed by atoms with E-state index in [1.54, 1.807) is 13.0 Å². The Balaban J connectivity index is 1.87. The Hall–Kier alpha value is -1.96. The van der Waals surface area contributed by atoms with Crippen molar-refractivity contribution in [1.82, 2.24) is 25.1 Å². The van der Waals surface area contributed by atoms with Gasteiger partial charge in [0.25, 0.3) is 0 Å². The van der Waals surface area contributed by atoms with Gasteiger partial charge < -0.3 is 4.90 Å². The van der Waals surface area contributed by atoms with Crippen LogP contribution in [-0.4, -0.2) is 55.6 Å². The Kier molecular flexibility index (Phi) is 4.90. The highest BCUT2D eigenvalue weighted by Crippen LogP contribution is 2.20. The predicted octanol–water partition coefficient (Wildman–Crippen LogP) is 1.48. The third-order valence-corrected chi connectivity index (χ3v) is 4.82. The van der Waals surface area contributed by atoms with Crippen LogP contribution in [0, 0.1) is 12.7 Å². The Labute approximate surface area is 138 Å². The standard InChI is InChI=1S/C15H18FN5OS/c1-11-17-18-19-21(11)14(10-12-3-2-4-13(16)9-12)15(22)20-5-7-23-8-6-20/h2-4,9,14H,5-8,10H2,1H3/t14-/m0/s1. The largest absolute Gasteiger partial charge is 0.339 e. The van der Waals surface area contributed by atoms with Crippen LogP contribution in [0.3, 0.4) is 0 Å². The molecule has 1 aliphatic rings. The molecule has 1 aromatic carbocycles. The highest BCUT2D eigenvalue weighted by Gasteiger charge is 2.29. The van der Waals surface area contributed by atoms with Gasteiger partial charge in [0.1, 0.15) is 17.7 Å². The van der Waals surface area contributed by atoms with Crippen LogP contribution in [0.15, 0.2) is 24.3 Å². The average Bonchev–Trinajstić information content (AvgIpc) is 2.99. The Bertz CT molecular complexity index is 686. The van der Waals surface area contributed by atoms with Gasteiger partial charge in [0, 0.05) is 31.0 Å². The van der Waals surface area contributed by atoms with Gasteiger partial charge >= 0.3 is 0 Å². The zero-order chi connectivity index (χ0) is 16.2. The Morgan fingerprint density at radius 3 is 2.83 bits per heavy atom. The summed E-state index contributed by atoms with van der Waals surface area (Å²) in [7, 11) is 0. The molecule has 23 heavy (non-hydrogen) atoms.